The summed E-state index contributed by atoms with van der Waals surface area (Å²) in [5.74, 6) is 2.92. The highest BCUT2D eigenvalue weighted by molar-refractivity contribution is 5.74. The number of rotatable bonds is 4. The van der Waals surface area contributed by atoms with Gasteiger partial charge in [0.2, 0.25) is 5.95 Å². The van der Waals surface area contributed by atoms with E-state index < -0.39 is 0 Å². The average Bonchev–Trinajstić information content (AvgIpc) is 3.13. The van der Waals surface area contributed by atoms with E-state index in [1.165, 1.54) is 25.7 Å². The second kappa shape index (κ2) is 6.10. The van der Waals surface area contributed by atoms with E-state index in [0.29, 0.717) is 11.4 Å². The third-order valence-corrected chi connectivity index (χ3v) is 7.23. The number of H-pyrrole nitrogens is 1. The highest BCUT2D eigenvalue weighted by Gasteiger charge is 2.73. The molecule has 2 spiro atoms. The Kier molecular flexibility index (Phi) is 3.57. The van der Waals surface area contributed by atoms with Gasteiger partial charge in [0.25, 0.3) is 0 Å². The molecule has 0 bridgehead atoms. The summed E-state index contributed by atoms with van der Waals surface area (Å²) in [6.45, 7) is 0.735. The molecule has 2 saturated carbocycles. The van der Waals surface area contributed by atoms with Gasteiger partial charge in [-0.05, 0) is 36.8 Å². The normalized spacial score (nSPS) is 22.9. The predicted octanol–water partition coefficient (Wildman–Crippen LogP) is 3.76. The Labute approximate surface area is 174 Å². The van der Waals surface area contributed by atoms with Crippen molar-refractivity contribution in [3.63, 3.8) is 0 Å². The van der Waals surface area contributed by atoms with Gasteiger partial charge in [-0.2, -0.15) is 10.1 Å². The predicted molar refractivity (Wildman–Crippen MR) is 113 cm³/mol. The SMILES string of the molecule is COc1cc(Nc2ncc3c(n2)N(C)C2(CO3)CC23CCC3)ccc1-c1cn[nH]c1. The number of hydrogen-bond acceptors (Lipinski definition) is 7. The molecule has 3 aliphatic rings. The standard InChI is InChI=1S/C22H24N6O2/c1-28-19-18(30-13-22(28)12-21(22)6-3-7-21)11-23-20(27-19)26-15-4-5-16(17(8-15)29-2)14-9-24-25-10-14/h4-5,8-11H,3,6-7,12-13H2,1-2H3,(H,24,25)(H,23,26,27). The summed E-state index contributed by atoms with van der Waals surface area (Å²) in [5, 5.41) is 10.2. The summed E-state index contributed by atoms with van der Waals surface area (Å²) in [6.07, 6.45) is 10.5. The van der Waals surface area contributed by atoms with E-state index in [4.69, 9.17) is 14.5 Å². The molecule has 1 aromatic carbocycles. The molecule has 6 rings (SSSR count). The molecule has 3 heterocycles. The third kappa shape index (κ3) is 2.36. The van der Waals surface area contributed by atoms with Crippen LogP contribution < -0.4 is 19.7 Å². The second-order valence-corrected chi connectivity index (χ2v) is 8.60. The van der Waals surface area contributed by atoms with Gasteiger partial charge in [-0.1, -0.05) is 6.42 Å². The summed E-state index contributed by atoms with van der Waals surface area (Å²) < 4.78 is 11.7. The molecule has 2 aliphatic carbocycles. The molecule has 0 radical (unpaired) electrons. The van der Waals surface area contributed by atoms with Crippen molar-refractivity contribution in [1.29, 1.82) is 0 Å². The van der Waals surface area contributed by atoms with Gasteiger partial charge < -0.3 is 19.7 Å². The minimum atomic E-state index is 0.110. The molecular weight excluding hydrogens is 380 g/mol. The maximum atomic E-state index is 6.08. The number of nitrogens with one attached hydrogen (secondary N) is 2. The number of hydrogen-bond donors (Lipinski definition) is 2. The lowest BCUT2D eigenvalue weighted by molar-refractivity contribution is 0.169. The number of fused-ring (bicyclic) bond motifs is 2. The van der Waals surface area contributed by atoms with Crippen molar-refractivity contribution >= 4 is 17.5 Å². The van der Waals surface area contributed by atoms with Crippen molar-refractivity contribution in [3.05, 3.63) is 36.8 Å². The summed E-state index contributed by atoms with van der Waals surface area (Å²) in [4.78, 5) is 11.6. The van der Waals surface area contributed by atoms with E-state index in [1.807, 2.05) is 24.4 Å². The van der Waals surface area contributed by atoms with E-state index >= 15 is 0 Å². The fourth-order valence-electron chi connectivity index (χ4n) is 5.24. The van der Waals surface area contributed by atoms with Gasteiger partial charge in [0.1, 0.15) is 12.4 Å². The first-order chi connectivity index (χ1) is 14.6. The Balaban J connectivity index is 1.28. The molecule has 2 N–H and O–H groups in total. The highest BCUT2D eigenvalue weighted by Crippen LogP contribution is 2.71. The average molecular weight is 404 g/mol. The van der Waals surface area contributed by atoms with Gasteiger partial charge in [0.05, 0.1) is 25.0 Å². The second-order valence-electron chi connectivity index (χ2n) is 8.60. The third-order valence-electron chi connectivity index (χ3n) is 7.23. The van der Waals surface area contributed by atoms with Crippen molar-refractivity contribution in [3.8, 4) is 22.6 Å². The van der Waals surface area contributed by atoms with Crippen LogP contribution in [-0.4, -0.2) is 46.5 Å². The highest BCUT2D eigenvalue weighted by atomic mass is 16.5. The zero-order valence-electron chi connectivity index (χ0n) is 17.1. The van der Waals surface area contributed by atoms with E-state index in [0.717, 1.165) is 40.7 Å². The molecule has 1 atom stereocenters. The van der Waals surface area contributed by atoms with Gasteiger partial charge in [-0.25, -0.2) is 4.98 Å². The number of methoxy groups -OCH3 is 1. The van der Waals surface area contributed by atoms with E-state index in [1.54, 1.807) is 19.5 Å². The smallest absolute Gasteiger partial charge is 0.229 e. The largest absolute Gasteiger partial charge is 0.496 e. The first-order valence-electron chi connectivity index (χ1n) is 10.3. The lowest BCUT2D eigenvalue weighted by Crippen LogP contribution is -2.49. The number of benzene rings is 1. The van der Waals surface area contributed by atoms with Crippen LogP contribution in [0.5, 0.6) is 11.5 Å². The molecule has 2 fully saturated rings. The zero-order chi connectivity index (χ0) is 20.3. The fraction of sp³-hybridized carbons (Fsp3) is 0.409. The van der Waals surface area contributed by atoms with Crippen LogP contribution in [-0.2, 0) is 0 Å². The Morgan fingerprint density at radius 2 is 2.17 bits per heavy atom. The maximum absolute atomic E-state index is 6.08. The van der Waals surface area contributed by atoms with Gasteiger partial charge in [-0.15, -0.1) is 0 Å². The number of likely N-dealkylation sites (N-methyl/N-ethyl adjacent to an activating group) is 1. The molecule has 0 amide bonds. The summed E-state index contributed by atoms with van der Waals surface area (Å²) in [7, 11) is 3.81. The number of nitrogens with zero attached hydrogens (tertiary/aromatic N) is 4. The van der Waals surface area contributed by atoms with Gasteiger partial charge >= 0.3 is 0 Å². The number of aromatic amines is 1. The van der Waals surface area contributed by atoms with E-state index in [2.05, 4.69) is 32.4 Å². The first-order valence-corrected chi connectivity index (χ1v) is 10.3. The van der Waals surface area contributed by atoms with Crippen molar-refractivity contribution < 1.29 is 9.47 Å². The van der Waals surface area contributed by atoms with E-state index in [9.17, 15) is 0 Å². The summed E-state index contributed by atoms with van der Waals surface area (Å²) in [6, 6.07) is 5.93. The molecule has 30 heavy (non-hydrogen) atoms. The first kappa shape index (κ1) is 17.6. The molecule has 154 valence electrons. The van der Waals surface area contributed by atoms with Crippen LogP contribution in [0.2, 0.25) is 0 Å². The quantitative estimate of drug-likeness (QED) is 0.684. The monoisotopic (exact) mass is 404 g/mol. The van der Waals surface area contributed by atoms with Crippen molar-refractivity contribution in [2.45, 2.75) is 31.2 Å². The van der Waals surface area contributed by atoms with E-state index in [-0.39, 0.29) is 5.54 Å². The minimum Gasteiger partial charge on any atom is -0.496 e. The molecular formula is C22H24N6O2. The topological polar surface area (TPSA) is 88.2 Å². The number of aromatic nitrogens is 4. The zero-order valence-corrected chi connectivity index (χ0v) is 17.1. The molecule has 8 heteroatoms. The van der Waals surface area contributed by atoms with Crippen molar-refractivity contribution in [1.82, 2.24) is 20.2 Å². The Morgan fingerprint density at radius 1 is 1.27 bits per heavy atom. The molecule has 8 nitrogen and oxygen atoms in total. The Morgan fingerprint density at radius 3 is 2.87 bits per heavy atom. The van der Waals surface area contributed by atoms with Crippen molar-refractivity contribution in [2.24, 2.45) is 5.41 Å². The Bertz CT molecular complexity index is 1110. The Hall–Kier alpha value is -3.29. The van der Waals surface area contributed by atoms with Gasteiger partial charge in [-0.3, -0.25) is 5.10 Å². The molecule has 1 aliphatic heterocycles. The van der Waals surface area contributed by atoms with Crippen LogP contribution in [0, 0.1) is 5.41 Å². The van der Waals surface area contributed by atoms with Crippen molar-refractivity contribution in [2.75, 3.05) is 31.0 Å². The van der Waals surface area contributed by atoms with Crippen LogP contribution in [0.4, 0.5) is 17.5 Å². The summed E-state index contributed by atoms with van der Waals surface area (Å²) in [5.41, 5.74) is 3.35. The molecule has 2 aromatic heterocycles. The number of anilines is 3. The van der Waals surface area contributed by atoms with Crippen LogP contribution in [0.15, 0.2) is 36.8 Å². The lowest BCUT2D eigenvalue weighted by Gasteiger charge is -2.42. The van der Waals surface area contributed by atoms with Crippen LogP contribution in [0.25, 0.3) is 11.1 Å². The van der Waals surface area contributed by atoms with Gasteiger partial charge in [0.15, 0.2) is 11.6 Å². The number of ether oxygens (including phenoxy) is 2. The van der Waals surface area contributed by atoms with Crippen LogP contribution in [0.1, 0.15) is 25.7 Å². The van der Waals surface area contributed by atoms with Crippen LogP contribution >= 0.6 is 0 Å². The molecule has 1 unspecified atom stereocenters. The minimum absolute atomic E-state index is 0.110. The maximum Gasteiger partial charge on any atom is 0.229 e. The van der Waals surface area contributed by atoms with Gasteiger partial charge in [0, 0.05) is 36.1 Å². The van der Waals surface area contributed by atoms with Crippen LogP contribution in [0.3, 0.4) is 0 Å². The molecule has 3 aromatic rings. The lowest BCUT2D eigenvalue weighted by atomic mass is 9.77. The molecule has 0 saturated heterocycles. The fourth-order valence-corrected chi connectivity index (χ4v) is 5.24. The summed E-state index contributed by atoms with van der Waals surface area (Å²) >= 11 is 0.